The van der Waals surface area contributed by atoms with Crippen molar-refractivity contribution in [2.75, 3.05) is 28.2 Å². The van der Waals surface area contributed by atoms with Crippen LogP contribution in [0.1, 0.15) is 65.0 Å². The molecule has 0 radical (unpaired) electrons. The fourth-order valence-electron chi connectivity index (χ4n) is 5.02. The third kappa shape index (κ3) is 6.72. The molecular weight excluding hydrogens is 502 g/mol. The second-order valence-corrected chi connectivity index (χ2v) is 10.6. The lowest BCUT2D eigenvalue weighted by atomic mass is 10.0. The Morgan fingerprint density at radius 3 is 2.15 bits per heavy atom. The van der Waals surface area contributed by atoms with Gasteiger partial charge in [0.2, 0.25) is 0 Å². The first-order chi connectivity index (χ1) is 19.5. The molecule has 0 spiro atoms. The summed E-state index contributed by atoms with van der Waals surface area (Å²) in [6.07, 6.45) is 4.68. The van der Waals surface area contributed by atoms with Gasteiger partial charge in [0.15, 0.2) is 0 Å². The first-order valence-electron chi connectivity index (χ1n) is 13.9. The Kier molecular flexibility index (Phi) is 8.49. The number of anilines is 3. The first-order valence-corrected chi connectivity index (χ1v) is 13.9. The normalized spacial score (nSPS) is 13.3. The van der Waals surface area contributed by atoms with Crippen molar-refractivity contribution in [3.63, 3.8) is 0 Å². The monoisotopic (exact) mass is 537 g/mol. The molecule has 0 unspecified atom stereocenters. The highest BCUT2D eigenvalue weighted by Crippen LogP contribution is 2.26. The number of nitrogens with one attached hydrogen (secondary N) is 2. The maximum Gasteiger partial charge on any atom is 0.270 e. The molecule has 1 fully saturated rings. The molecule has 4 aromatic rings. The minimum absolute atomic E-state index is 0.0688. The SMILES string of the molecule is CC(C)Cc1ccc(C(=O)N(Cc2ccc(C(=O)Nc3nn[nH]n3)cc2)c2ccc(N3CCCCC3)cc2)cc1. The molecule has 2 amide bonds. The van der Waals surface area contributed by atoms with E-state index in [-0.39, 0.29) is 17.8 Å². The molecule has 1 aliphatic rings. The standard InChI is InChI=1S/C31H35N7O2/c1-22(2)20-23-6-12-26(13-7-23)30(40)38(28-16-14-27(15-17-28)37-18-4-3-5-19-37)21-24-8-10-25(11-9-24)29(39)32-31-33-35-36-34-31/h6-17,22H,3-5,18-21H2,1-2H3,(H2,32,33,34,35,36,39). The summed E-state index contributed by atoms with van der Waals surface area (Å²) >= 11 is 0. The Balaban J connectivity index is 1.37. The van der Waals surface area contributed by atoms with Crippen LogP contribution in [-0.2, 0) is 13.0 Å². The molecular formula is C31H35N7O2. The van der Waals surface area contributed by atoms with E-state index in [1.165, 1.54) is 30.5 Å². The number of rotatable bonds is 9. The van der Waals surface area contributed by atoms with E-state index in [1.807, 2.05) is 48.5 Å². The lowest BCUT2D eigenvalue weighted by molar-refractivity contribution is 0.0983. The van der Waals surface area contributed by atoms with E-state index >= 15 is 0 Å². The smallest absolute Gasteiger partial charge is 0.270 e. The van der Waals surface area contributed by atoms with Crippen molar-refractivity contribution >= 4 is 29.1 Å². The molecule has 0 aliphatic carbocycles. The summed E-state index contributed by atoms with van der Waals surface area (Å²) in [5.41, 5.74) is 5.24. The van der Waals surface area contributed by atoms with Crippen LogP contribution in [0.2, 0.25) is 0 Å². The van der Waals surface area contributed by atoms with Gasteiger partial charge in [-0.05, 0) is 96.5 Å². The number of amides is 2. The number of hydrogen-bond donors (Lipinski definition) is 2. The summed E-state index contributed by atoms with van der Waals surface area (Å²) in [5.74, 6) is 0.253. The molecule has 3 aromatic carbocycles. The topological polar surface area (TPSA) is 107 Å². The zero-order chi connectivity index (χ0) is 27.9. The van der Waals surface area contributed by atoms with Crippen molar-refractivity contribution < 1.29 is 9.59 Å². The van der Waals surface area contributed by atoms with Crippen LogP contribution < -0.4 is 15.1 Å². The van der Waals surface area contributed by atoms with E-state index in [2.05, 4.69) is 56.8 Å². The van der Waals surface area contributed by atoms with Crippen LogP contribution in [0.3, 0.4) is 0 Å². The van der Waals surface area contributed by atoms with Gasteiger partial charge in [-0.3, -0.25) is 14.9 Å². The molecule has 0 atom stereocenters. The molecule has 2 heterocycles. The average molecular weight is 538 g/mol. The van der Waals surface area contributed by atoms with Gasteiger partial charge in [0.1, 0.15) is 0 Å². The van der Waals surface area contributed by atoms with Crippen LogP contribution in [0.25, 0.3) is 0 Å². The Bertz CT molecular complexity index is 1390. The molecule has 0 bridgehead atoms. The summed E-state index contributed by atoms with van der Waals surface area (Å²) in [5, 5.41) is 15.8. The fraction of sp³-hybridized carbons (Fsp3) is 0.323. The average Bonchev–Trinajstić information content (AvgIpc) is 3.50. The lowest BCUT2D eigenvalue weighted by Crippen LogP contribution is -2.31. The third-order valence-corrected chi connectivity index (χ3v) is 7.10. The zero-order valence-electron chi connectivity index (χ0n) is 23.0. The van der Waals surface area contributed by atoms with Gasteiger partial charge in [0, 0.05) is 35.6 Å². The van der Waals surface area contributed by atoms with Crippen LogP contribution in [0, 0.1) is 5.92 Å². The number of nitrogens with zero attached hydrogens (tertiary/aromatic N) is 5. The van der Waals surface area contributed by atoms with Crippen LogP contribution in [-0.4, -0.2) is 45.5 Å². The predicted molar refractivity (Wildman–Crippen MR) is 157 cm³/mol. The molecule has 0 saturated carbocycles. The van der Waals surface area contributed by atoms with E-state index in [1.54, 1.807) is 17.0 Å². The van der Waals surface area contributed by atoms with Gasteiger partial charge >= 0.3 is 0 Å². The van der Waals surface area contributed by atoms with Crippen molar-refractivity contribution in [1.82, 2.24) is 20.6 Å². The van der Waals surface area contributed by atoms with Gasteiger partial charge in [0.25, 0.3) is 17.8 Å². The predicted octanol–water partition coefficient (Wildman–Crippen LogP) is 5.49. The number of hydrogen-bond acceptors (Lipinski definition) is 6. The van der Waals surface area contributed by atoms with Crippen LogP contribution in [0.15, 0.2) is 72.8 Å². The highest BCUT2D eigenvalue weighted by Gasteiger charge is 2.20. The van der Waals surface area contributed by atoms with Crippen molar-refractivity contribution in [3.8, 4) is 0 Å². The summed E-state index contributed by atoms with van der Waals surface area (Å²) in [4.78, 5) is 30.6. The molecule has 40 heavy (non-hydrogen) atoms. The molecule has 5 rings (SSSR count). The third-order valence-electron chi connectivity index (χ3n) is 7.10. The Hall–Kier alpha value is -4.53. The van der Waals surface area contributed by atoms with Gasteiger partial charge in [-0.1, -0.05) is 43.2 Å². The summed E-state index contributed by atoms with van der Waals surface area (Å²) in [6, 6.07) is 23.4. The molecule has 1 aliphatic heterocycles. The van der Waals surface area contributed by atoms with Crippen molar-refractivity contribution in [3.05, 3.63) is 95.1 Å². The first kappa shape index (κ1) is 27.1. The number of carbonyl (C=O) groups is 2. The summed E-state index contributed by atoms with van der Waals surface area (Å²) in [7, 11) is 0. The number of carbonyl (C=O) groups excluding carboxylic acids is 2. The fourth-order valence-corrected chi connectivity index (χ4v) is 5.02. The van der Waals surface area contributed by atoms with Gasteiger partial charge in [-0.15, -0.1) is 5.10 Å². The van der Waals surface area contributed by atoms with Gasteiger partial charge < -0.3 is 9.80 Å². The molecule has 1 saturated heterocycles. The van der Waals surface area contributed by atoms with Crippen molar-refractivity contribution in [2.45, 2.75) is 46.1 Å². The van der Waals surface area contributed by atoms with E-state index in [0.717, 1.165) is 30.8 Å². The molecule has 2 N–H and O–H groups in total. The second kappa shape index (κ2) is 12.5. The number of piperidine rings is 1. The maximum absolute atomic E-state index is 13.9. The summed E-state index contributed by atoms with van der Waals surface area (Å²) < 4.78 is 0. The Morgan fingerprint density at radius 1 is 0.875 bits per heavy atom. The van der Waals surface area contributed by atoms with Gasteiger partial charge in [-0.2, -0.15) is 5.21 Å². The Morgan fingerprint density at radius 2 is 1.52 bits per heavy atom. The molecule has 9 nitrogen and oxygen atoms in total. The summed E-state index contributed by atoms with van der Waals surface area (Å²) in [6.45, 7) is 6.88. The van der Waals surface area contributed by atoms with Gasteiger partial charge in [-0.25, -0.2) is 0 Å². The lowest BCUT2D eigenvalue weighted by Gasteiger charge is -2.29. The largest absolute Gasteiger partial charge is 0.372 e. The Labute approximate surface area is 234 Å². The van der Waals surface area contributed by atoms with Crippen LogP contribution in [0.5, 0.6) is 0 Å². The number of aromatic nitrogens is 4. The quantitative estimate of drug-likeness (QED) is 0.292. The molecule has 1 aromatic heterocycles. The number of H-pyrrole nitrogens is 1. The second-order valence-electron chi connectivity index (χ2n) is 10.6. The molecule has 206 valence electrons. The van der Waals surface area contributed by atoms with Crippen molar-refractivity contribution in [2.24, 2.45) is 5.92 Å². The maximum atomic E-state index is 13.9. The minimum Gasteiger partial charge on any atom is -0.372 e. The van der Waals surface area contributed by atoms with E-state index < -0.39 is 0 Å². The van der Waals surface area contributed by atoms with E-state index in [0.29, 0.717) is 23.6 Å². The zero-order valence-corrected chi connectivity index (χ0v) is 23.0. The van der Waals surface area contributed by atoms with E-state index in [4.69, 9.17) is 0 Å². The molecule has 9 heteroatoms. The van der Waals surface area contributed by atoms with Crippen molar-refractivity contribution in [1.29, 1.82) is 0 Å². The van der Waals surface area contributed by atoms with E-state index in [9.17, 15) is 9.59 Å². The number of aromatic amines is 1. The number of benzene rings is 3. The highest BCUT2D eigenvalue weighted by atomic mass is 16.2. The van der Waals surface area contributed by atoms with Crippen LogP contribution in [0.4, 0.5) is 17.3 Å². The van der Waals surface area contributed by atoms with Gasteiger partial charge in [0.05, 0.1) is 6.54 Å². The minimum atomic E-state index is -0.337. The highest BCUT2D eigenvalue weighted by molar-refractivity contribution is 6.06. The number of tetrazole rings is 1. The van der Waals surface area contributed by atoms with Crippen LogP contribution >= 0.6 is 0 Å².